The van der Waals surface area contributed by atoms with Crippen LogP contribution in [0.4, 0.5) is 0 Å². The van der Waals surface area contributed by atoms with Gasteiger partial charge in [-0.05, 0) is 89.9 Å². The Morgan fingerprint density at radius 1 is 0.508 bits per heavy atom. The first-order chi connectivity index (χ1) is 30.6. The molecule has 354 valence electrons. The first-order valence-corrected chi connectivity index (χ1v) is 24.1. The van der Waals surface area contributed by atoms with Crippen molar-refractivity contribution in [2.75, 3.05) is 41.0 Å². The van der Waals surface area contributed by atoms with Gasteiger partial charge in [0.25, 0.3) is 0 Å². The Bertz CT molecular complexity index is 1440. The average Bonchev–Trinajstić information content (AvgIpc) is 3.24. The summed E-state index contributed by atoms with van der Waals surface area (Å²) in [6.07, 6.45) is 62.4. The summed E-state index contributed by atoms with van der Waals surface area (Å²) in [6.45, 7) is 4.49. The summed E-state index contributed by atoms with van der Waals surface area (Å²) in [6, 6.07) is -0.635. The molecule has 0 saturated carbocycles. The van der Waals surface area contributed by atoms with Gasteiger partial charge in [-0.2, -0.15) is 0 Å². The number of allylic oxidation sites excluding steroid dienone is 20. The summed E-state index contributed by atoms with van der Waals surface area (Å²) in [5.74, 6) is -1.57. The zero-order valence-corrected chi connectivity index (χ0v) is 40.2. The number of hydrogen-bond donors (Lipinski definition) is 1. The quantitative estimate of drug-likeness (QED) is 0.0215. The Morgan fingerprint density at radius 2 is 0.952 bits per heavy atom. The molecule has 0 aromatic carbocycles. The number of ether oxygens (including phenoxy) is 3. The van der Waals surface area contributed by atoms with E-state index >= 15 is 0 Å². The summed E-state index contributed by atoms with van der Waals surface area (Å²) < 4.78 is 17.2. The van der Waals surface area contributed by atoms with Crippen LogP contribution in [0, 0.1) is 0 Å². The Balaban J connectivity index is 4.46. The highest BCUT2D eigenvalue weighted by Crippen LogP contribution is 2.12. The maximum Gasteiger partial charge on any atom is 0.362 e. The summed E-state index contributed by atoms with van der Waals surface area (Å²) in [5.41, 5.74) is 0. The first-order valence-electron chi connectivity index (χ1n) is 24.1. The van der Waals surface area contributed by atoms with Crippen LogP contribution in [0.15, 0.2) is 122 Å². The molecule has 0 aliphatic rings. The lowest BCUT2D eigenvalue weighted by atomic mass is 10.1. The standard InChI is InChI=1S/C55H87NO7/c1-6-8-10-12-14-16-18-20-22-24-26-27-28-30-31-33-35-37-39-41-43-45-53(57)62-50-51(49-61-48-47-52(55(59)60)56(3,4)5)63-54(58)46-44-42-40-38-36-34-32-29-25-23-21-19-17-15-13-11-9-7-2/h8,10,14-17,19-23,25-27,29-32,35,37,51-52H,6-7,9,11-13,18,24,28,33-34,36,38-50H2,1-5H3/p+1/b10-8+,16-14+,17-15+,21-19+,22-20+,25-23+,27-26+,31-30+,32-29+,37-35+. The number of unbranched alkanes of at least 4 members (excludes halogenated alkanes) is 10. The molecule has 8 nitrogen and oxygen atoms in total. The Labute approximate surface area is 384 Å². The molecule has 1 N–H and O–H groups in total. The van der Waals surface area contributed by atoms with Gasteiger partial charge in [-0.15, -0.1) is 0 Å². The third-order valence-corrected chi connectivity index (χ3v) is 9.94. The number of esters is 2. The molecule has 0 bridgehead atoms. The molecular weight excluding hydrogens is 787 g/mol. The molecule has 0 heterocycles. The number of likely N-dealkylation sites (N-methyl/N-ethyl adjacent to an activating group) is 1. The van der Waals surface area contributed by atoms with Crippen molar-refractivity contribution in [1.29, 1.82) is 0 Å². The number of nitrogens with zero attached hydrogens (tertiary/aromatic N) is 1. The van der Waals surface area contributed by atoms with Gasteiger partial charge in [-0.1, -0.05) is 167 Å². The molecule has 8 heteroatoms. The van der Waals surface area contributed by atoms with Crippen LogP contribution in [-0.4, -0.2) is 80.6 Å². The zero-order chi connectivity index (χ0) is 46.3. The number of carbonyl (C=O) groups is 3. The monoisotopic (exact) mass is 875 g/mol. The van der Waals surface area contributed by atoms with E-state index in [0.717, 1.165) is 96.3 Å². The van der Waals surface area contributed by atoms with Crippen molar-refractivity contribution >= 4 is 17.9 Å². The van der Waals surface area contributed by atoms with Crippen molar-refractivity contribution < 1.29 is 38.2 Å². The second-order valence-electron chi connectivity index (χ2n) is 16.7. The van der Waals surface area contributed by atoms with Crippen molar-refractivity contribution in [2.45, 2.75) is 167 Å². The number of hydrogen-bond acceptors (Lipinski definition) is 6. The van der Waals surface area contributed by atoms with Crippen molar-refractivity contribution in [3.63, 3.8) is 0 Å². The predicted molar refractivity (Wildman–Crippen MR) is 265 cm³/mol. The lowest BCUT2D eigenvalue weighted by Gasteiger charge is -2.31. The molecule has 0 aliphatic heterocycles. The first kappa shape index (κ1) is 58.7. The highest BCUT2D eigenvalue weighted by atomic mass is 16.6. The van der Waals surface area contributed by atoms with E-state index < -0.39 is 18.1 Å². The maximum absolute atomic E-state index is 12.8. The van der Waals surface area contributed by atoms with Gasteiger partial charge >= 0.3 is 17.9 Å². The molecule has 0 spiro atoms. The molecule has 0 rings (SSSR count). The van der Waals surface area contributed by atoms with Gasteiger partial charge in [0.1, 0.15) is 6.61 Å². The van der Waals surface area contributed by atoms with Crippen LogP contribution < -0.4 is 0 Å². The molecule has 0 saturated heterocycles. The van der Waals surface area contributed by atoms with Gasteiger partial charge in [-0.25, -0.2) is 4.79 Å². The molecule has 0 fully saturated rings. The van der Waals surface area contributed by atoms with E-state index in [1.165, 1.54) is 19.3 Å². The summed E-state index contributed by atoms with van der Waals surface area (Å²) in [5, 5.41) is 9.64. The number of quaternary nitrogens is 1. The van der Waals surface area contributed by atoms with Crippen LogP contribution in [0.2, 0.25) is 0 Å². The molecule has 0 radical (unpaired) electrons. The number of rotatable bonds is 41. The fraction of sp³-hybridized carbons (Fsp3) is 0.582. The Hall–Kier alpha value is -4.27. The zero-order valence-electron chi connectivity index (χ0n) is 40.2. The van der Waals surface area contributed by atoms with E-state index in [4.69, 9.17) is 14.2 Å². The van der Waals surface area contributed by atoms with Crippen LogP contribution in [0.5, 0.6) is 0 Å². The fourth-order valence-electron chi connectivity index (χ4n) is 6.22. The highest BCUT2D eigenvalue weighted by molar-refractivity contribution is 5.72. The van der Waals surface area contributed by atoms with Crippen LogP contribution in [-0.2, 0) is 28.6 Å². The van der Waals surface area contributed by atoms with Crippen LogP contribution in [0.3, 0.4) is 0 Å². The molecule has 0 aliphatic carbocycles. The SMILES string of the molecule is CC/C=C/C/C=C/C/C=C/C/C=C/C/C=C/C/C=C/CCCCC(=O)OCC(COCCC(C(=O)O)[N+](C)(C)C)OC(=O)CCCCCCC/C=C/C=C/C=C/C=C/CCCCC. The fourth-order valence-corrected chi connectivity index (χ4v) is 6.22. The molecular formula is C55H88NO7+. The van der Waals surface area contributed by atoms with Crippen LogP contribution in [0.1, 0.15) is 155 Å². The van der Waals surface area contributed by atoms with Crippen molar-refractivity contribution in [3.8, 4) is 0 Å². The maximum atomic E-state index is 12.8. The molecule has 0 amide bonds. The van der Waals surface area contributed by atoms with Gasteiger partial charge < -0.3 is 23.8 Å². The number of carboxylic acid groups (broad SMARTS) is 1. The minimum absolute atomic E-state index is 0.0281. The Morgan fingerprint density at radius 3 is 1.49 bits per heavy atom. The third kappa shape index (κ3) is 42.8. The van der Waals surface area contributed by atoms with Crippen molar-refractivity contribution in [3.05, 3.63) is 122 Å². The largest absolute Gasteiger partial charge is 0.477 e. The smallest absolute Gasteiger partial charge is 0.362 e. The highest BCUT2D eigenvalue weighted by Gasteiger charge is 2.31. The van der Waals surface area contributed by atoms with Gasteiger partial charge in [0.05, 0.1) is 34.4 Å². The molecule has 2 unspecified atom stereocenters. The topological polar surface area (TPSA) is 99.1 Å². The summed E-state index contributed by atoms with van der Waals surface area (Å²) in [7, 11) is 5.49. The Kier molecular flexibility index (Phi) is 41.3. The van der Waals surface area contributed by atoms with Crippen LogP contribution in [0.25, 0.3) is 0 Å². The van der Waals surface area contributed by atoms with Gasteiger partial charge in [-0.3, -0.25) is 9.59 Å². The third-order valence-electron chi connectivity index (χ3n) is 9.94. The minimum Gasteiger partial charge on any atom is -0.477 e. The van der Waals surface area contributed by atoms with Gasteiger partial charge in [0, 0.05) is 19.3 Å². The van der Waals surface area contributed by atoms with E-state index in [9.17, 15) is 19.5 Å². The number of carboxylic acids is 1. The predicted octanol–water partition coefficient (Wildman–Crippen LogP) is 13.8. The van der Waals surface area contributed by atoms with Gasteiger partial charge in [0.2, 0.25) is 0 Å². The number of aliphatic carboxylic acids is 1. The molecule has 2 atom stereocenters. The van der Waals surface area contributed by atoms with Crippen molar-refractivity contribution in [1.82, 2.24) is 0 Å². The van der Waals surface area contributed by atoms with E-state index in [0.29, 0.717) is 12.8 Å². The van der Waals surface area contributed by atoms with Gasteiger partial charge in [0.15, 0.2) is 12.1 Å². The lowest BCUT2D eigenvalue weighted by molar-refractivity contribution is -0.887. The van der Waals surface area contributed by atoms with Crippen molar-refractivity contribution in [2.24, 2.45) is 0 Å². The summed E-state index contributed by atoms with van der Waals surface area (Å²) >= 11 is 0. The minimum atomic E-state index is -0.891. The van der Waals surface area contributed by atoms with E-state index in [1.54, 1.807) is 0 Å². The van der Waals surface area contributed by atoms with E-state index in [1.807, 2.05) is 27.2 Å². The van der Waals surface area contributed by atoms with Crippen LogP contribution >= 0.6 is 0 Å². The molecule has 0 aromatic rings. The second kappa shape index (κ2) is 44.3. The average molecular weight is 875 g/mol. The summed E-state index contributed by atoms with van der Waals surface area (Å²) in [4.78, 5) is 37.1. The second-order valence-corrected chi connectivity index (χ2v) is 16.7. The van der Waals surface area contributed by atoms with E-state index in [2.05, 4.69) is 129 Å². The lowest BCUT2D eigenvalue weighted by Crippen LogP contribution is -2.50. The molecule has 63 heavy (non-hydrogen) atoms. The molecule has 0 aromatic heterocycles. The normalized spacial score (nSPS) is 14.0. The van der Waals surface area contributed by atoms with E-state index in [-0.39, 0.29) is 49.1 Å². The number of carbonyl (C=O) groups excluding carboxylic acids is 2.